The van der Waals surface area contributed by atoms with E-state index in [0.717, 1.165) is 19.5 Å². The molecule has 0 radical (unpaired) electrons. The Hall–Kier alpha value is -1.88. The summed E-state index contributed by atoms with van der Waals surface area (Å²) in [5.74, 6) is 0.431. The topological polar surface area (TPSA) is 55.8 Å². The standard InChI is InChI=1S/C16H23NO4/c1-13(18)14-7-4-5-8-15(14)21-12-11-17(2)10-6-9-16(19)20-3/h4-5,7-8H,6,9-12H2,1-3H3. The molecule has 0 aliphatic rings. The van der Waals surface area contributed by atoms with Crippen molar-refractivity contribution in [1.29, 1.82) is 0 Å². The molecule has 0 amide bonds. The average molecular weight is 293 g/mol. The van der Waals surface area contributed by atoms with E-state index in [1.54, 1.807) is 12.1 Å². The summed E-state index contributed by atoms with van der Waals surface area (Å²) in [6.07, 6.45) is 1.18. The Morgan fingerprint density at radius 2 is 1.90 bits per heavy atom. The van der Waals surface area contributed by atoms with Crippen molar-refractivity contribution >= 4 is 11.8 Å². The number of para-hydroxylation sites is 1. The second-order valence-electron chi connectivity index (χ2n) is 4.88. The highest BCUT2D eigenvalue weighted by atomic mass is 16.5. The van der Waals surface area contributed by atoms with E-state index in [9.17, 15) is 9.59 Å². The van der Waals surface area contributed by atoms with Crippen molar-refractivity contribution in [3.05, 3.63) is 29.8 Å². The lowest BCUT2D eigenvalue weighted by Crippen LogP contribution is -2.26. The number of nitrogens with zero attached hydrogens (tertiary/aromatic N) is 1. The first-order valence-corrected chi connectivity index (χ1v) is 7.02. The summed E-state index contributed by atoms with van der Waals surface area (Å²) in [5, 5.41) is 0. The molecule has 0 heterocycles. The Kier molecular flexibility index (Phi) is 7.46. The van der Waals surface area contributed by atoms with Gasteiger partial charge in [-0.15, -0.1) is 0 Å². The molecule has 116 valence electrons. The van der Waals surface area contributed by atoms with Gasteiger partial charge in [0.2, 0.25) is 0 Å². The molecule has 5 heteroatoms. The molecule has 21 heavy (non-hydrogen) atoms. The molecule has 0 bridgehead atoms. The van der Waals surface area contributed by atoms with E-state index in [2.05, 4.69) is 9.64 Å². The number of methoxy groups -OCH3 is 1. The molecular formula is C16H23NO4. The minimum absolute atomic E-state index is 0.00275. The second kappa shape index (κ2) is 9.13. The predicted molar refractivity (Wildman–Crippen MR) is 80.7 cm³/mol. The van der Waals surface area contributed by atoms with Crippen molar-refractivity contribution in [3.63, 3.8) is 0 Å². The Bertz CT molecular complexity index is 473. The van der Waals surface area contributed by atoms with Gasteiger partial charge in [-0.1, -0.05) is 12.1 Å². The van der Waals surface area contributed by atoms with Crippen LogP contribution in [-0.4, -0.2) is 50.5 Å². The summed E-state index contributed by atoms with van der Waals surface area (Å²) < 4.78 is 10.3. The van der Waals surface area contributed by atoms with Gasteiger partial charge in [0, 0.05) is 13.0 Å². The third-order valence-electron chi connectivity index (χ3n) is 3.15. The SMILES string of the molecule is COC(=O)CCCN(C)CCOc1ccccc1C(C)=O. The second-order valence-corrected chi connectivity index (χ2v) is 4.88. The van der Waals surface area contributed by atoms with Crippen LogP contribution in [0.4, 0.5) is 0 Å². The van der Waals surface area contributed by atoms with E-state index < -0.39 is 0 Å². The normalized spacial score (nSPS) is 10.5. The maximum Gasteiger partial charge on any atom is 0.305 e. The van der Waals surface area contributed by atoms with E-state index >= 15 is 0 Å². The summed E-state index contributed by atoms with van der Waals surface area (Å²) in [5.41, 5.74) is 0.603. The van der Waals surface area contributed by atoms with E-state index in [1.807, 2.05) is 19.2 Å². The lowest BCUT2D eigenvalue weighted by molar-refractivity contribution is -0.140. The van der Waals surface area contributed by atoms with Gasteiger partial charge < -0.3 is 14.4 Å². The number of hydrogen-bond donors (Lipinski definition) is 0. The zero-order valence-corrected chi connectivity index (χ0v) is 12.9. The van der Waals surface area contributed by atoms with Gasteiger partial charge in [0.25, 0.3) is 0 Å². The van der Waals surface area contributed by atoms with Crippen LogP contribution in [0.1, 0.15) is 30.1 Å². The molecule has 0 aliphatic carbocycles. The minimum Gasteiger partial charge on any atom is -0.491 e. The molecule has 0 fully saturated rings. The number of carbonyl (C=O) groups excluding carboxylic acids is 2. The number of hydrogen-bond acceptors (Lipinski definition) is 5. The van der Waals surface area contributed by atoms with Crippen LogP contribution in [0.5, 0.6) is 5.75 Å². The molecule has 0 unspecified atom stereocenters. The lowest BCUT2D eigenvalue weighted by atomic mass is 10.1. The molecule has 1 aromatic carbocycles. The number of esters is 1. The van der Waals surface area contributed by atoms with Crippen LogP contribution in [-0.2, 0) is 9.53 Å². The summed E-state index contributed by atoms with van der Waals surface area (Å²) in [4.78, 5) is 24.5. The van der Waals surface area contributed by atoms with Crippen molar-refractivity contribution in [2.45, 2.75) is 19.8 Å². The van der Waals surface area contributed by atoms with Crippen molar-refractivity contribution in [1.82, 2.24) is 4.90 Å². The number of rotatable bonds is 9. The van der Waals surface area contributed by atoms with Crippen molar-refractivity contribution in [2.24, 2.45) is 0 Å². The van der Waals surface area contributed by atoms with Gasteiger partial charge in [0.15, 0.2) is 5.78 Å². The number of carbonyl (C=O) groups is 2. The number of benzene rings is 1. The summed E-state index contributed by atoms with van der Waals surface area (Å²) in [6, 6.07) is 7.23. The molecule has 0 saturated carbocycles. The molecule has 0 atom stereocenters. The predicted octanol–water partition coefficient (Wildman–Crippen LogP) is 2.15. The highest BCUT2D eigenvalue weighted by Gasteiger charge is 2.08. The fourth-order valence-electron chi connectivity index (χ4n) is 1.90. The van der Waals surface area contributed by atoms with Gasteiger partial charge in [0.05, 0.1) is 12.7 Å². The van der Waals surface area contributed by atoms with Crippen LogP contribution in [0.15, 0.2) is 24.3 Å². The van der Waals surface area contributed by atoms with Gasteiger partial charge in [-0.2, -0.15) is 0 Å². The summed E-state index contributed by atoms with van der Waals surface area (Å²) in [6.45, 7) is 3.56. The van der Waals surface area contributed by atoms with Crippen LogP contribution in [0.25, 0.3) is 0 Å². The lowest BCUT2D eigenvalue weighted by Gasteiger charge is -2.17. The number of likely N-dealkylation sites (N-methyl/N-ethyl adjacent to an activating group) is 1. The van der Waals surface area contributed by atoms with E-state index in [4.69, 9.17) is 4.74 Å². The smallest absolute Gasteiger partial charge is 0.305 e. The average Bonchev–Trinajstić information content (AvgIpc) is 2.47. The van der Waals surface area contributed by atoms with Gasteiger partial charge in [-0.25, -0.2) is 0 Å². The monoisotopic (exact) mass is 293 g/mol. The highest BCUT2D eigenvalue weighted by Crippen LogP contribution is 2.18. The number of Topliss-reactive ketones (excluding diaryl/α,β-unsaturated/α-hetero) is 1. The van der Waals surface area contributed by atoms with Gasteiger partial charge >= 0.3 is 5.97 Å². The minimum atomic E-state index is -0.185. The fraction of sp³-hybridized carbons (Fsp3) is 0.500. The van der Waals surface area contributed by atoms with Gasteiger partial charge in [-0.3, -0.25) is 9.59 Å². The molecule has 0 spiro atoms. The van der Waals surface area contributed by atoms with Gasteiger partial charge in [-0.05, 0) is 39.1 Å². The van der Waals surface area contributed by atoms with Crippen LogP contribution in [0, 0.1) is 0 Å². The largest absolute Gasteiger partial charge is 0.491 e. The molecule has 0 aromatic heterocycles. The van der Waals surface area contributed by atoms with Crippen LogP contribution < -0.4 is 4.74 Å². The zero-order chi connectivity index (χ0) is 15.7. The number of ketones is 1. The first kappa shape index (κ1) is 17.2. The van der Waals surface area contributed by atoms with Gasteiger partial charge in [0.1, 0.15) is 12.4 Å². The molecule has 1 rings (SSSR count). The maximum absolute atomic E-state index is 11.5. The summed E-state index contributed by atoms with van der Waals surface area (Å²) >= 11 is 0. The van der Waals surface area contributed by atoms with Crippen LogP contribution >= 0.6 is 0 Å². The molecule has 1 aromatic rings. The third-order valence-corrected chi connectivity index (χ3v) is 3.15. The van der Waals surface area contributed by atoms with E-state index in [0.29, 0.717) is 24.3 Å². The molecule has 0 aliphatic heterocycles. The first-order chi connectivity index (χ1) is 10.0. The van der Waals surface area contributed by atoms with E-state index in [-0.39, 0.29) is 11.8 Å². The molecule has 5 nitrogen and oxygen atoms in total. The number of ether oxygens (including phenoxy) is 2. The highest BCUT2D eigenvalue weighted by molar-refractivity contribution is 5.96. The van der Waals surface area contributed by atoms with Crippen LogP contribution in [0.3, 0.4) is 0 Å². The van der Waals surface area contributed by atoms with Crippen LogP contribution in [0.2, 0.25) is 0 Å². The fourth-order valence-corrected chi connectivity index (χ4v) is 1.90. The van der Waals surface area contributed by atoms with Crippen molar-refractivity contribution < 1.29 is 19.1 Å². The first-order valence-electron chi connectivity index (χ1n) is 7.02. The molecular weight excluding hydrogens is 270 g/mol. The zero-order valence-electron chi connectivity index (χ0n) is 12.9. The maximum atomic E-state index is 11.5. The van der Waals surface area contributed by atoms with E-state index in [1.165, 1.54) is 14.0 Å². The summed E-state index contributed by atoms with van der Waals surface area (Å²) in [7, 11) is 3.36. The molecule has 0 saturated heterocycles. The Labute approximate surface area is 125 Å². The third kappa shape index (κ3) is 6.40. The Morgan fingerprint density at radius 1 is 1.19 bits per heavy atom. The quantitative estimate of drug-likeness (QED) is 0.516. The van der Waals surface area contributed by atoms with Crippen molar-refractivity contribution in [2.75, 3.05) is 33.9 Å². The molecule has 0 N–H and O–H groups in total. The Morgan fingerprint density at radius 3 is 2.57 bits per heavy atom. The van der Waals surface area contributed by atoms with Crippen molar-refractivity contribution in [3.8, 4) is 5.75 Å². The Balaban J connectivity index is 2.30.